The maximum atomic E-state index is 11.3. The number of hydrogen-bond acceptors (Lipinski definition) is 2. The van der Waals surface area contributed by atoms with Crippen molar-refractivity contribution in [2.75, 3.05) is 6.61 Å². The molecule has 0 bridgehead atoms. The van der Waals surface area contributed by atoms with Gasteiger partial charge in [-0.1, -0.05) is 65.5 Å². The van der Waals surface area contributed by atoms with Gasteiger partial charge in [0.2, 0.25) is 0 Å². The molecule has 0 aliphatic rings. The third-order valence-electron chi connectivity index (χ3n) is 4.65. The molecule has 1 aromatic rings. The summed E-state index contributed by atoms with van der Waals surface area (Å²) in [6.07, 6.45) is 7.37. The number of hydrogen-bond donors (Lipinski definition) is 1. The Hall–Kier alpha value is -1.51. The number of carbonyl (C=O) groups is 1. The first-order valence-corrected chi connectivity index (χ1v) is 9.40. The van der Waals surface area contributed by atoms with E-state index in [-0.39, 0.29) is 5.56 Å². The van der Waals surface area contributed by atoms with Crippen molar-refractivity contribution >= 4 is 5.97 Å². The minimum absolute atomic E-state index is 0.249. The van der Waals surface area contributed by atoms with Crippen molar-refractivity contribution in [1.82, 2.24) is 0 Å². The van der Waals surface area contributed by atoms with Crippen LogP contribution in [-0.2, 0) is 0 Å². The lowest BCUT2D eigenvalue weighted by Gasteiger charge is -2.26. The van der Waals surface area contributed by atoms with Crippen LogP contribution >= 0.6 is 0 Å². The van der Waals surface area contributed by atoms with Crippen LogP contribution in [0.3, 0.4) is 0 Å². The number of unbranched alkanes of at least 4 members (excludes halogenated alkanes) is 3. The zero-order valence-corrected chi connectivity index (χ0v) is 15.8. The number of para-hydroxylation sites is 1. The fourth-order valence-corrected chi connectivity index (χ4v) is 3.27. The summed E-state index contributed by atoms with van der Waals surface area (Å²) in [5, 5.41) is 9.28. The fraction of sp³-hybridized carbons (Fsp3) is 0.667. The molecule has 3 heteroatoms. The van der Waals surface area contributed by atoms with E-state index in [9.17, 15) is 9.90 Å². The highest BCUT2D eigenvalue weighted by atomic mass is 16.5. The third-order valence-corrected chi connectivity index (χ3v) is 4.65. The van der Waals surface area contributed by atoms with Gasteiger partial charge in [-0.15, -0.1) is 0 Å². The Morgan fingerprint density at radius 2 is 1.83 bits per heavy atom. The summed E-state index contributed by atoms with van der Waals surface area (Å²) < 4.78 is 5.94. The molecule has 0 saturated carbocycles. The molecule has 2 atom stereocenters. The van der Waals surface area contributed by atoms with Crippen molar-refractivity contribution in [2.24, 2.45) is 17.8 Å². The highest BCUT2D eigenvalue weighted by Crippen LogP contribution is 2.27. The van der Waals surface area contributed by atoms with Crippen molar-refractivity contribution in [3.63, 3.8) is 0 Å². The summed E-state index contributed by atoms with van der Waals surface area (Å²) >= 11 is 0. The molecule has 0 aliphatic heterocycles. The molecule has 2 unspecified atom stereocenters. The monoisotopic (exact) mass is 334 g/mol. The van der Waals surface area contributed by atoms with Gasteiger partial charge in [0.25, 0.3) is 0 Å². The lowest BCUT2D eigenvalue weighted by molar-refractivity contribution is 0.0690. The lowest BCUT2D eigenvalue weighted by Crippen LogP contribution is -2.22. The smallest absolute Gasteiger partial charge is 0.339 e. The molecule has 0 spiro atoms. The molecule has 0 heterocycles. The van der Waals surface area contributed by atoms with E-state index >= 15 is 0 Å². The van der Waals surface area contributed by atoms with Crippen LogP contribution in [0.5, 0.6) is 5.75 Å². The van der Waals surface area contributed by atoms with Crippen LogP contribution in [0, 0.1) is 17.8 Å². The van der Waals surface area contributed by atoms with Crippen LogP contribution in [0.15, 0.2) is 24.3 Å². The SMILES string of the molecule is CCCCCCC(COc1ccccc1C(=O)O)C(C)CC(C)C. The van der Waals surface area contributed by atoms with Gasteiger partial charge >= 0.3 is 5.97 Å². The number of aromatic carboxylic acids is 1. The highest BCUT2D eigenvalue weighted by molar-refractivity contribution is 5.90. The molecule has 24 heavy (non-hydrogen) atoms. The van der Waals surface area contributed by atoms with Crippen LogP contribution in [0.4, 0.5) is 0 Å². The van der Waals surface area contributed by atoms with E-state index < -0.39 is 5.97 Å². The molecular formula is C21H34O3. The lowest BCUT2D eigenvalue weighted by atomic mass is 9.84. The van der Waals surface area contributed by atoms with Gasteiger partial charge in [-0.3, -0.25) is 0 Å². The summed E-state index contributed by atoms with van der Waals surface area (Å²) in [6.45, 7) is 9.64. The molecule has 0 fully saturated rings. The molecule has 0 aromatic heterocycles. The largest absolute Gasteiger partial charge is 0.492 e. The average Bonchev–Trinajstić information content (AvgIpc) is 2.53. The number of rotatable bonds is 12. The Balaban J connectivity index is 2.68. The molecular weight excluding hydrogens is 300 g/mol. The molecule has 1 rings (SSSR count). The zero-order chi connectivity index (χ0) is 17.9. The summed E-state index contributed by atoms with van der Waals surface area (Å²) in [5.41, 5.74) is 0.249. The van der Waals surface area contributed by atoms with Crippen LogP contribution in [-0.4, -0.2) is 17.7 Å². The van der Waals surface area contributed by atoms with Crippen molar-refractivity contribution in [1.29, 1.82) is 0 Å². The Labute approximate surface area is 147 Å². The number of ether oxygens (including phenoxy) is 1. The molecule has 1 N–H and O–H groups in total. The standard InChI is InChI=1S/C21H34O3/c1-5-6-7-8-11-18(17(4)14-16(2)3)15-24-20-13-10-9-12-19(20)21(22)23/h9-10,12-13,16-18H,5-8,11,14-15H2,1-4H3,(H,22,23). The van der Waals surface area contributed by atoms with Crippen LogP contribution in [0.2, 0.25) is 0 Å². The Bertz CT molecular complexity index is 482. The number of carboxylic acids is 1. The molecule has 0 saturated heterocycles. The van der Waals surface area contributed by atoms with Gasteiger partial charge in [-0.25, -0.2) is 4.79 Å². The van der Waals surface area contributed by atoms with Crippen LogP contribution in [0.1, 0.15) is 76.6 Å². The predicted octanol–water partition coefficient (Wildman–Crippen LogP) is 6.03. The van der Waals surface area contributed by atoms with E-state index in [2.05, 4.69) is 27.7 Å². The second-order valence-electron chi connectivity index (χ2n) is 7.33. The van der Waals surface area contributed by atoms with Gasteiger partial charge in [0.1, 0.15) is 11.3 Å². The quantitative estimate of drug-likeness (QED) is 0.474. The normalized spacial score (nSPS) is 13.7. The Kier molecular flexibility index (Phi) is 9.51. The van der Waals surface area contributed by atoms with E-state index in [4.69, 9.17) is 4.74 Å². The predicted molar refractivity (Wildman–Crippen MR) is 99.8 cm³/mol. The minimum Gasteiger partial charge on any atom is -0.492 e. The van der Waals surface area contributed by atoms with E-state index in [0.29, 0.717) is 30.1 Å². The van der Waals surface area contributed by atoms with E-state index in [1.807, 2.05) is 6.07 Å². The summed E-state index contributed by atoms with van der Waals surface area (Å²) in [6, 6.07) is 6.92. The molecule has 0 aliphatic carbocycles. The topological polar surface area (TPSA) is 46.5 Å². The zero-order valence-electron chi connectivity index (χ0n) is 15.8. The second kappa shape index (κ2) is 11.1. The van der Waals surface area contributed by atoms with Gasteiger partial charge in [0.15, 0.2) is 0 Å². The van der Waals surface area contributed by atoms with Gasteiger partial charge in [-0.05, 0) is 42.7 Å². The van der Waals surface area contributed by atoms with E-state index in [0.717, 1.165) is 6.42 Å². The maximum absolute atomic E-state index is 11.3. The third kappa shape index (κ3) is 7.37. The molecule has 0 amide bonds. The van der Waals surface area contributed by atoms with Crippen LogP contribution in [0.25, 0.3) is 0 Å². The average molecular weight is 335 g/mol. The Morgan fingerprint density at radius 3 is 2.46 bits per heavy atom. The van der Waals surface area contributed by atoms with Crippen molar-refractivity contribution in [2.45, 2.75) is 66.2 Å². The molecule has 0 radical (unpaired) electrons. The Morgan fingerprint density at radius 1 is 1.12 bits per heavy atom. The van der Waals surface area contributed by atoms with Gasteiger partial charge in [-0.2, -0.15) is 0 Å². The highest BCUT2D eigenvalue weighted by Gasteiger charge is 2.20. The van der Waals surface area contributed by atoms with E-state index in [1.165, 1.54) is 32.1 Å². The summed E-state index contributed by atoms with van der Waals surface area (Å²) in [5.74, 6) is 1.29. The second-order valence-corrected chi connectivity index (χ2v) is 7.33. The number of benzene rings is 1. The minimum atomic E-state index is -0.930. The first-order valence-electron chi connectivity index (χ1n) is 9.40. The summed E-state index contributed by atoms with van der Waals surface area (Å²) in [7, 11) is 0. The number of carboxylic acid groups (broad SMARTS) is 1. The van der Waals surface area contributed by atoms with Crippen molar-refractivity contribution < 1.29 is 14.6 Å². The van der Waals surface area contributed by atoms with Gasteiger partial charge in [0, 0.05) is 0 Å². The van der Waals surface area contributed by atoms with Crippen molar-refractivity contribution in [3.8, 4) is 5.75 Å². The first-order chi connectivity index (χ1) is 11.5. The maximum Gasteiger partial charge on any atom is 0.339 e. The van der Waals surface area contributed by atoms with Gasteiger partial charge in [0.05, 0.1) is 6.61 Å². The van der Waals surface area contributed by atoms with Gasteiger partial charge < -0.3 is 9.84 Å². The van der Waals surface area contributed by atoms with E-state index in [1.54, 1.807) is 18.2 Å². The molecule has 136 valence electrons. The summed E-state index contributed by atoms with van der Waals surface area (Å²) in [4.78, 5) is 11.3. The fourth-order valence-electron chi connectivity index (χ4n) is 3.27. The van der Waals surface area contributed by atoms with Crippen LogP contribution < -0.4 is 4.74 Å². The molecule has 3 nitrogen and oxygen atoms in total. The first kappa shape index (κ1) is 20.5. The van der Waals surface area contributed by atoms with Crippen molar-refractivity contribution in [3.05, 3.63) is 29.8 Å². The molecule has 1 aromatic carbocycles.